The minimum absolute atomic E-state index is 0.733. The molecule has 0 aliphatic carbocycles. The summed E-state index contributed by atoms with van der Waals surface area (Å²) >= 11 is 0. The normalized spacial score (nSPS) is 9.25. The van der Waals surface area contributed by atoms with E-state index in [1.165, 1.54) is 0 Å². The molecule has 0 amide bonds. The third-order valence-electron chi connectivity index (χ3n) is 1.63. The zero-order valence-electron chi connectivity index (χ0n) is 7.50. The summed E-state index contributed by atoms with van der Waals surface area (Å²) in [4.78, 5) is 0. The molecule has 3 nitrogen and oxygen atoms in total. The van der Waals surface area contributed by atoms with Gasteiger partial charge in [-0.1, -0.05) is 0 Å². The van der Waals surface area contributed by atoms with Crippen molar-refractivity contribution in [3.63, 3.8) is 0 Å². The van der Waals surface area contributed by atoms with Crippen LogP contribution in [0, 0.1) is 0 Å². The van der Waals surface area contributed by atoms with Crippen molar-refractivity contribution in [1.82, 2.24) is 5.32 Å². The lowest BCUT2D eigenvalue weighted by atomic mass is 10.3. The van der Waals surface area contributed by atoms with Crippen molar-refractivity contribution in [1.29, 1.82) is 0 Å². The molecule has 0 atom stereocenters. The van der Waals surface area contributed by atoms with Gasteiger partial charge < -0.3 is 9.47 Å². The summed E-state index contributed by atoms with van der Waals surface area (Å²) in [5.41, 5.74) is 0.832. The zero-order chi connectivity index (χ0) is 8.97. The molecule has 0 bridgehead atoms. The Kier molecular flexibility index (Phi) is 2.80. The number of ether oxygens (including phenoxy) is 2. The van der Waals surface area contributed by atoms with Crippen molar-refractivity contribution in [2.45, 2.75) is 0 Å². The molecule has 65 valence electrons. The fraction of sp³-hybridized carbons (Fsp3) is 0.333. The molecule has 1 aromatic rings. The van der Waals surface area contributed by atoms with E-state index in [2.05, 4.69) is 5.32 Å². The molecule has 1 aromatic carbocycles. The Bertz CT molecular complexity index is 261. The Hall–Kier alpha value is -1.38. The fourth-order valence-electron chi connectivity index (χ4n) is 0.970. The topological polar surface area (TPSA) is 32.6 Å². The Morgan fingerprint density at radius 2 is 1.92 bits per heavy atom. The van der Waals surface area contributed by atoms with Crippen LogP contribution in [0.3, 0.4) is 0 Å². The Balaban J connectivity index is 3.02. The first-order chi connectivity index (χ1) is 5.81. The molecule has 12 heavy (non-hydrogen) atoms. The lowest BCUT2D eigenvalue weighted by Crippen LogP contribution is -1.93. The van der Waals surface area contributed by atoms with E-state index in [-0.39, 0.29) is 0 Å². The molecule has 0 heterocycles. The summed E-state index contributed by atoms with van der Waals surface area (Å²) in [5.74, 6) is 1.51. The predicted octanol–water partition coefficient (Wildman–Crippen LogP) is 1.57. The van der Waals surface area contributed by atoms with Gasteiger partial charge in [-0.15, -0.1) is 0 Å². The highest BCUT2D eigenvalue weighted by molar-refractivity contribution is 5.54. The molecule has 0 unspecified atom stereocenters. The van der Waals surface area contributed by atoms with Gasteiger partial charge in [0.2, 0.25) is 0 Å². The summed E-state index contributed by atoms with van der Waals surface area (Å²) in [6, 6.07) is 5.52. The molecule has 1 radical (unpaired) electrons. The second-order valence-electron chi connectivity index (χ2n) is 2.26. The summed E-state index contributed by atoms with van der Waals surface area (Å²) in [6.45, 7) is 0. The van der Waals surface area contributed by atoms with Crippen LogP contribution in [-0.2, 0) is 0 Å². The number of hydrogen-bond acceptors (Lipinski definition) is 2. The maximum atomic E-state index is 5.10. The number of nitrogens with zero attached hydrogens (tertiary/aromatic N) is 1. The van der Waals surface area contributed by atoms with Gasteiger partial charge in [-0.2, -0.15) is 0 Å². The first kappa shape index (κ1) is 8.71. The van der Waals surface area contributed by atoms with E-state index in [0.717, 1.165) is 17.2 Å². The zero-order valence-corrected chi connectivity index (χ0v) is 7.50. The maximum Gasteiger partial charge on any atom is 0.147 e. The first-order valence-corrected chi connectivity index (χ1v) is 3.63. The van der Waals surface area contributed by atoms with E-state index in [4.69, 9.17) is 9.47 Å². The number of benzene rings is 1. The standard InChI is InChI=1S/C9H12NO2/c1-10-8-5-4-7(11-2)6-9(8)12-3/h4-6H,1-3H3. The molecule has 0 spiro atoms. The van der Waals surface area contributed by atoms with Gasteiger partial charge in [-0.25, -0.2) is 0 Å². The van der Waals surface area contributed by atoms with Crippen molar-refractivity contribution in [3.8, 4) is 11.5 Å². The molecular formula is C9H12NO2. The van der Waals surface area contributed by atoms with Crippen LogP contribution in [0.4, 0.5) is 5.69 Å². The van der Waals surface area contributed by atoms with Gasteiger partial charge >= 0.3 is 0 Å². The molecule has 1 rings (SSSR count). The largest absolute Gasteiger partial charge is 0.497 e. The second kappa shape index (κ2) is 3.85. The molecule has 0 aromatic heterocycles. The van der Waals surface area contributed by atoms with E-state index >= 15 is 0 Å². The van der Waals surface area contributed by atoms with Gasteiger partial charge in [0, 0.05) is 13.1 Å². The minimum Gasteiger partial charge on any atom is -0.497 e. The Morgan fingerprint density at radius 1 is 1.17 bits per heavy atom. The fourth-order valence-corrected chi connectivity index (χ4v) is 0.970. The number of rotatable bonds is 3. The van der Waals surface area contributed by atoms with E-state index in [1.54, 1.807) is 21.3 Å². The third kappa shape index (κ3) is 1.61. The SMILES string of the molecule is C[N]c1ccc(OC)cc1OC. The van der Waals surface area contributed by atoms with Gasteiger partial charge in [0.15, 0.2) is 0 Å². The molecule has 0 aliphatic rings. The average Bonchev–Trinajstić information content (AvgIpc) is 2.16. The van der Waals surface area contributed by atoms with Gasteiger partial charge in [0.25, 0.3) is 0 Å². The molecular weight excluding hydrogens is 154 g/mol. The summed E-state index contributed by atoms with van der Waals surface area (Å²) in [6.07, 6.45) is 0. The van der Waals surface area contributed by atoms with Crippen molar-refractivity contribution >= 4 is 5.69 Å². The van der Waals surface area contributed by atoms with Crippen molar-refractivity contribution in [3.05, 3.63) is 18.2 Å². The van der Waals surface area contributed by atoms with Crippen LogP contribution in [0.2, 0.25) is 0 Å². The van der Waals surface area contributed by atoms with E-state index < -0.39 is 0 Å². The van der Waals surface area contributed by atoms with E-state index in [1.807, 2.05) is 18.2 Å². The minimum atomic E-state index is 0.733. The van der Waals surface area contributed by atoms with Crippen molar-refractivity contribution in [2.75, 3.05) is 21.3 Å². The Morgan fingerprint density at radius 3 is 2.42 bits per heavy atom. The van der Waals surface area contributed by atoms with Crippen LogP contribution in [0.25, 0.3) is 0 Å². The number of hydrogen-bond donors (Lipinski definition) is 0. The highest BCUT2D eigenvalue weighted by Gasteiger charge is 2.02. The highest BCUT2D eigenvalue weighted by Crippen LogP contribution is 2.28. The Labute approximate surface area is 72.3 Å². The monoisotopic (exact) mass is 166 g/mol. The average molecular weight is 166 g/mol. The van der Waals surface area contributed by atoms with Crippen LogP contribution >= 0.6 is 0 Å². The van der Waals surface area contributed by atoms with Gasteiger partial charge in [0.1, 0.15) is 11.5 Å². The molecule has 0 fully saturated rings. The predicted molar refractivity (Wildman–Crippen MR) is 47.3 cm³/mol. The first-order valence-electron chi connectivity index (χ1n) is 3.63. The molecule has 0 N–H and O–H groups in total. The van der Waals surface area contributed by atoms with Crippen molar-refractivity contribution < 1.29 is 9.47 Å². The summed E-state index contributed by atoms with van der Waals surface area (Å²) < 4.78 is 10.1. The second-order valence-corrected chi connectivity index (χ2v) is 2.26. The van der Waals surface area contributed by atoms with Crippen LogP contribution < -0.4 is 14.8 Å². The molecule has 3 heteroatoms. The third-order valence-corrected chi connectivity index (χ3v) is 1.63. The quantitative estimate of drug-likeness (QED) is 0.682. The molecule has 0 aliphatic heterocycles. The van der Waals surface area contributed by atoms with Crippen LogP contribution in [0.1, 0.15) is 0 Å². The lowest BCUT2D eigenvalue weighted by Gasteiger charge is -2.07. The lowest BCUT2D eigenvalue weighted by molar-refractivity contribution is 0.394. The highest BCUT2D eigenvalue weighted by atomic mass is 16.5. The van der Waals surface area contributed by atoms with E-state index in [0.29, 0.717) is 0 Å². The van der Waals surface area contributed by atoms with Crippen molar-refractivity contribution in [2.24, 2.45) is 0 Å². The summed E-state index contributed by atoms with van der Waals surface area (Å²) in [5, 5.41) is 4.04. The van der Waals surface area contributed by atoms with Gasteiger partial charge in [-0.05, 0) is 12.1 Å². The van der Waals surface area contributed by atoms with Crippen LogP contribution in [-0.4, -0.2) is 21.3 Å². The molecule has 0 saturated carbocycles. The van der Waals surface area contributed by atoms with Crippen LogP contribution in [0.5, 0.6) is 11.5 Å². The van der Waals surface area contributed by atoms with Crippen LogP contribution in [0.15, 0.2) is 18.2 Å². The summed E-state index contributed by atoms with van der Waals surface area (Å²) in [7, 11) is 4.96. The van der Waals surface area contributed by atoms with Gasteiger partial charge in [-0.3, -0.25) is 5.32 Å². The molecule has 0 saturated heterocycles. The van der Waals surface area contributed by atoms with Gasteiger partial charge in [0.05, 0.1) is 19.9 Å². The number of methoxy groups -OCH3 is 2. The maximum absolute atomic E-state index is 5.10. The van der Waals surface area contributed by atoms with E-state index in [9.17, 15) is 0 Å². The smallest absolute Gasteiger partial charge is 0.147 e.